The van der Waals surface area contributed by atoms with Crippen LogP contribution >= 0.6 is 0 Å². The van der Waals surface area contributed by atoms with Crippen molar-refractivity contribution < 1.29 is 9.63 Å². The molecular weight excluding hydrogens is 94.0 g/mol. The van der Waals surface area contributed by atoms with Crippen molar-refractivity contribution in [3.63, 3.8) is 0 Å². The van der Waals surface area contributed by atoms with Crippen LogP contribution in [0.15, 0.2) is 0 Å². The van der Waals surface area contributed by atoms with Crippen molar-refractivity contribution in [3.05, 3.63) is 0 Å². The van der Waals surface area contributed by atoms with Gasteiger partial charge in [-0.2, -0.15) is 0 Å². The normalized spacial score (nSPS) is 8.86. The lowest BCUT2D eigenvalue weighted by molar-refractivity contribution is -0.118. The van der Waals surface area contributed by atoms with E-state index in [0.717, 1.165) is 0 Å². The van der Waals surface area contributed by atoms with E-state index in [1.54, 1.807) is 0 Å². The standard InChI is InChI=1S/C4H9NO2/c1-4(6)2-3-7-5/h2-3,5H2,1H3. The van der Waals surface area contributed by atoms with Crippen LogP contribution in [0.4, 0.5) is 0 Å². The van der Waals surface area contributed by atoms with Gasteiger partial charge in [0.15, 0.2) is 0 Å². The minimum Gasteiger partial charge on any atom is -0.304 e. The molecule has 0 radical (unpaired) electrons. The van der Waals surface area contributed by atoms with Crippen molar-refractivity contribution in [2.75, 3.05) is 6.61 Å². The number of hydrogen-bond donors (Lipinski definition) is 1. The van der Waals surface area contributed by atoms with E-state index in [9.17, 15) is 4.79 Å². The van der Waals surface area contributed by atoms with Crippen LogP contribution in [0.2, 0.25) is 0 Å². The lowest BCUT2D eigenvalue weighted by Crippen LogP contribution is -2.04. The number of carbonyl (C=O) groups is 1. The Kier molecular flexibility index (Phi) is 3.55. The largest absolute Gasteiger partial charge is 0.304 e. The van der Waals surface area contributed by atoms with Gasteiger partial charge in [0, 0.05) is 6.42 Å². The molecule has 2 N–H and O–H groups in total. The molecule has 3 nitrogen and oxygen atoms in total. The first kappa shape index (κ1) is 6.59. The van der Waals surface area contributed by atoms with Gasteiger partial charge < -0.3 is 4.84 Å². The number of rotatable bonds is 3. The number of hydrogen-bond acceptors (Lipinski definition) is 3. The van der Waals surface area contributed by atoms with Crippen LogP contribution in [0.25, 0.3) is 0 Å². The molecule has 0 aliphatic rings. The fraction of sp³-hybridized carbons (Fsp3) is 0.750. The summed E-state index contributed by atoms with van der Waals surface area (Å²) in [5.41, 5.74) is 0. The van der Waals surface area contributed by atoms with E-state index in [1.807, 2.05) is 0 Å². The highest BCUT2D eigenvalue weighted by atomic mass is 16.6. The van der Waals surface area contributed by atoms with E-state index in [0.29, 0.717) is 13.0 Å². The molecular formula is C4H9NO2. The van der Waals surface area contributed by atoms with Crippen LogP contribution in [0, 0.1) is 0 Å². The molecule has 0 bridgehead atoms. The van der Waals surface area contributed by atoms with Gasteiger partial charge in [-0.25, -0.2) is 5.90 Å². The molecule has 0 atom stereocenters. The molecule has 0 saturated heterocycles. The lowest BCUT2D eigenvalue weighted by atomic mass is 10.3. The Balaban J connectivity index is 2.82. The molecule has 3 heteroatoms. The second-order valence-electron chi connectivity index (χ2n) is 1.32. The first-order valence-corrected chi connectivity index (χ1v) is 2.08. The highest BCUT2D eigenvalue weighted by Gasteiger charge is 1.88. The minimum atomic E-state index is 0.102. The second kappa shape index (κ2) is 3.77. The molecule has 0 amide bonds. The SMILES string of the molecule is CC(=O)CCON. The Hall–Kier alpha value is -0.410. The van der Waals surface area contributed by atoms with Crippen LogP contribution in [-0.2, 0) is 9.63 Å². The van der Waals surface area contributed by atoms with E-state index >= 15 is 0 Å². The molecule has 0 aromatic rings. The zero-order chi connectivity index (χ0) is 5.70. The smallest absolute Gasteiger partial charge is 0.132 e. The molecule has 0 aromatic heterocycles. The molecule has 0 aliphatic carbocycles. The Morgan fingerprint density at radius 3 is 2.57 bits per heavy atom. The summed E-state index contributed by atoms with van der Waals surface area (Å²) >= 11 is 0. The fourth-order valence-electron chi connectivity index (χ4n) is 0.203. The fourth-order valence-corrected chi connectivity index (χ4v) is 0.203. The van der Waals surface area contributed by atoms with Gasteiger partial charge in [0.05, 0.1) is 6.61 Å². The third-order valence-electron chi connectivity index (χ3n) is 0.572. The monoisotopic (exact) mass is 103 g/mol. The van der Waals surface area contributed by atoms with Gasteiger partial charge in [-0.3, -0.25) is 4.79 Å². The summed E-state index contributed by atoms with van der Waals surface area (Å²) < 4.78 is 0. The average Bonchev–Trinajstić information content (AvgIpc) is 1.61. The van der Waals surface area contributed by atoms with Crippen molar-refractivity contribution in [1.82, 2.24) is 0 Å². The maximum Gasteiger partial charge on any atom is 0.132 e. The average molecular weight is 103 g/mol. The van der Waals surface area contributed by atoms with E-state index in [-0.39, 0.29) is 5.78 Å². The Bertz CT molecular complexity index is 62.7. The molecule has 0 spiro atoms. The predicted molar refractivity (Wildman–Crippen MR) is 25.4 cm³/mol. The maximum atomic E-state index is 10.1. The van der Waals surface area contributed by atoms with Gasteiger partial charge in [-0.1, -0.05) is 0 Å². The zero-order valence-electron chi connectivity index (χ0n) is 4.31. The summed E-state index contributed by atoms with van der Waals surface area (Å²) in [5, 5.41) is 0. The summed E-state index contributed by atoms with van der Waals surface area (Å²) in [7, 11) is 0. The van der Waals surface area contributed by atoms with E-state index in [4.69, 9.17) is 0 Å². The highest BCUT2D eigenvalue weighted by Crippen LogP contribution is 1.77. The van der Waals surface area contributed by atoms with Gasteiger partial charge >= 0.3 is 0 Å². The number of Topliss-reactive ketones (excluding diaryl/α,β-unsaturated/α-hetero) is 1. The molecule has 0 heterocycles. The first-order chi connectivity index (χ1) is 3.27. The van der Waals surface area contributed by atoms with Crippen molar-refractivity contribution in [2.24, 2.45) is 5.90 Å². The lowest BCUT2D eigenvalue weighted by Gasteiger charge is -1.88. The van der Waals surface area contributed by atoms with Gasteiger partial charge in [-0.05, 0) is 6.92 Å². The predicted octanol–water partition coefficient (Wildman–Crippen LogP) is -0.144. The highest BCUT2D eigenvalue weighted by molar-refractivity contribution is 5.75. The molecule has 0 aliphatic heterocycles. The zero-order valence-corrected chi connectivity index (χ0v) is 4.31. The molecule has 0 fully saturated rings. The van der Waals surface area contributed by atoms with Crippen molar-refractivity contribution in [2.45, 2.75) is 13.3 Å². The summed E-state index contributed by atoms with van der Waals surface area (Å²) in [6.07, 6.45) is 0.413. The Labute approximate surface area is 42.4 Å². The van der Waals surface area contributed by atoms with Crippen LogP contribution in [0.5, 0.6) is 0 Å². The van der Waals surface area contributed by atoms with Crippen LogP contribution in [0.3, 0.4) is 0 Å². The van der Waals surface area contributed by atoms with E-state index in [2.05, 4.69) is 10.7 Å². The summed E-state index contributed by atoms with van der Waals surface area (Å²) in [5.74, 6) is 4.73. The van der Waals surface area contributed by atoms with Gasteiger partial charge in [0.2, 0.25) is 0 Å². The summed E-state index contributed by atoms with van der Waals surface area (Å²) in [4.78, 5) is 14.2. The topological polar surface area (TPSA) is 52.3 Å². The first-order valence-electron chi connectivity index (χ1n) is 2.08. The minimum absolute atomic E-state index is 0.102. The molecule has 0 rings (SSSR count). The number of carbonyl (C=O) groups excluding carboxylic acids is 1. The van der Waals surface area contributed by atoms with Crippen molar-refractivity contribution >= 4 is 5.78 Å². The van der Waals surface area contributed by atoms with Gasteiger partial charge in [0.1, 0.15) is 5.78 Å². The van der Waals surface area contributed by atoms with Crippen LogP contribution in [-0.4, -0.2) is 12.4 Å². The van der Waals surface area contributed by atoms with Crippen molar-refractivity contribution in [1.29, 1.82) is 0 Å². The number of nitrogens with two attached hydrogens (primary N) is 1. The van der Waals surface area contributed by atoms with Crippen LogP contribution in [0.1, 0.15) is 13.3 Å². The quantitative estimate of drug-likeness (QED) is 0.505. The molecule has 0 saturated carbocycles. The van der Waals surface area contributed by atoms with Crippen LogP contribution < -0.4 is 5.90 Å². The van der Waals surface area contributed by atoms with Gasteiger partial charge in [0.25, 0.3) is 0 Å². The molecule has 42 valence electrons. The molecule has 7 heavy (non-hydrogen) atoms. The van der Waals surface area contributed by atoms with E-state index < -0.39 is 0 Å². The van der Waals surface area contributed by atoms with Gasteiger partial charge in [-0.15, -0.1) is 0 Å². The maximum absolute atomic E-state index is 10.1. The molecule has 0 unspecified atom stereocenters. The molecule has 0 aromatic carbocycles. The van der Waals surface area contributed by atoms with E-state index in [1.165, 1.54) is 6.92 Å². The third-order valence-corrected chi connectivity index (χ3v) is 0.572. The summed E-state index contributed by atoms with van der Waals surface area (Å²) in [6, 6.07) is 0. The number of ketones is 1. The Morgan fingerprint density at radius 1 is 1.86 bits per heavy atom. The summed E-state index contributed by atoms with van der Waals surface area (Å²) in [6.45, 7) is 1.83. The Morgan fingerprint density at radius 2 is 2.43 bits per heavy atom. The third kappa shape index (κ3) is 5.59. The van der Waals surface area contributed by atoms with Crippen molar-refractivity contribution in [3.8, 4) is 0 Å². The second-order valence-corrected chi connectivity index (χ2v) is 1.32.